The van der Waals surface area contributed by atoms with Gasteiger partial charge in [-0.1, -0.05) is 42.5 Å². The fraction of sp³-hybridized carbons (Fsp3) is 0.267. The molecule has 0 bridgehead atoms. The first-order valence-electron chi connectivity index (χ1n) is 6.17. The quantitative estimate of drug-likeness (QED) is 0.610. The Bertz CT molecular complexity index is 600. The fourth-order valence-corrected chi connectivity index (χ4v) is 2.41. The number of benzene rings is 2. The molecule has 2 rings (SSSR count). The molecule has 2 aromatic carbocycles. The van der Waals surface area contributed by atoms with E-state index < -0.39 is 0 Å². The molecule has 19 heavy (non-hydrogen) atoms. The zero-order valence-corrected chi connectivity index (χ0v) is 10.7. The van der Waals surface area contributed by atoms with Crippen molar-refractivity contribution >= 4 is 16.6 Å². The summed E-state index contributed by atoms with van der Waals surface area (Å²) in [4.78, 5) is 21.8. The molecular weight excluding hydrogens is 242 g/mol. The van der Waals surface area contributed by atoms with Gasteiger partial charge >= 0.3 is 0 Å². The highest BCUT2D eigenvalue weighted by Gasteiger charge is 2.21. The van der Waals surface area contributed by atoms with E-state index in [1.54, 1.807) is 0 Å². The predicted molar refractivity (Wildman–Crippen MR) is 73.8 cm³/mol. The van der Waals surface area contributed by atoms with Crippen LogP contribution in [0.5, 0.6) is 0 Å². The number of hydrogen-bond donors (Lipinski definition) is 0. The van der Waals surface area contributed by atoms with Crippen molar-refractivity contribution < 1.29 is 9.72 Å². The first-order valence-corrected chi connectivity index (χ1v) is 6.17. The summed E-state index contributed by atoms with van der Waals surface area (Å²) >= 11 is 0. The highest BCUT2D eigenvalue weighted by atomic mass is 16.6. The summed E-state index contributed by atoms with van der Waals surface area (Å²) in [5, 5.41) is 12.8. The number of rotatable bonds is 5. The standard InChI is InChI=1S/C15H15NO3/c1-11(17)9-13(10-16(18)19)15-8-4-6-12-5-2-3-7-14(12)15/h2-8,13H,9-10H2,1H3/t13-/m1/s1. The molecule has 0 aliphatic carbocycles. The van der Waals surface area contributed by atoms with E-state index >= 15 is 0 Å². The molecule has 1 atom stereocenters. The van der Waals surface area contributed by atoms with Crippen molar-refractivity contribution in [2.24, 2.45) is 0 Å². The van der Waals surface area contributed by atoms with E-state index in [9.17, 15) is 14.9 Å². The summed E-state index contributed by atoms with van der Waals surface area (Å²) in [6.07, 6.45) is 0.203. The Hall–Kier alpha value is -2.23. The Morgan fingerprint density at radius 3 is 2.58 bits per heavy atom. The normalized spacial score (nSPS) is 12.3. The molecule has 0 aliphatic heterocycles. The van der Waals surface area contributed by atoms with E-state index in [-0.39, 0.29) is 29.6 Å². The van der Waals surface area contributed by atoms with Crippen LogP contribution in [0.1, 0.15) is 24.8 Å². The summed E-state index contributed by atoms with van der Waals surface area (Å²) in [6, 6.07) is 13.5. The summed E-state index contributed by atoms with van der Waals surface area (Å²) in [5.41, 5.74) is 0.880. The molecular formula is C15H15NO3. The minimum Gasteiger partial charge on any atom is -0.300 e. The van der Waals surface area contributed by atoms with Crippen LogP contribution in [0.3, 0.4) is 0 Å². The lowest BCUT2D eigenvalue weighted by Crippen LogP contribution is -2.15. The SMILES string of the molecule is CC(=O)C[C@H](C[N+](=O)[O-])c1cccc2ccccc12. The van der Waals surface area contributed by atoms with Crippen LogP contribution in [0.25, 0.3) is 10.8 Å². The maximum Gasteiger partial charge on any atom is 0.211 e. The molecule has 4 heteroatoms. The summed E-state index contributed by atoms with van der Waals surface area (Å²) < 4.78 is 0. The van der Waals surface area contributed by atoms with Crippen LogP contribution in [0.2, 0.25) is 0 Å². The van der Waals surface area contributed by atoms with Crippen LogP contribution in [0.15, 0.2) is 42.5 Å². The molecule has 0 N–H and O–H groups in total. The maximum atomic E-state index is 11.3. The number of nitro groups is 1. The monoisotopic (exact) mass is 257 g/mol. The van der Waals surface area contributed by atoms with Crippen LogP contribution in [0.4, 0.5) is 0 Å². The van der Waals surface area contributed by atoms with E-state index in [0.29, 0.717) is 0 Å². The van der Waals surface area contributed by atoms with Gasteiger partial charge in [0.15, 0.2) is 0 Å². The van der Waals surface area contributed by atoms with Crippen LogP contribution in [0, 0.1) is 10.1 Å². The molecule has 0 heterocycles. The third-order valence-electron chi connectivity index (χ3n) is 3.17. The van der Waals surface area contributed by atoms with Crippen molar-refractivity contribution in [1.29, 1.82) is 0 Å². The third kappa shape index (κ3) is 3.16. The van der Waals surface area contributed by atoms with Gasteiger partial charge in [0.2, 0.25) is 6.54 Å². The van der Waals surface area contributed by atoms with E-state index in [1.807, 2.05) is 42.5 Å². The number of hydrogen-bond acceptors (Lipinski definition) is 3. The molecule has 4 nitrogen and oxygen atoms in total. The number of ketones is 1. The number of nitrogens with zero attached hydrogens (tertiary/aromatic N) is 1. The summed E-state index contributed by atoms with van der Waals surface area (Å²) in [5.74, 6) is -0.390. The van der Waals surface area contributed by atoms with Gasteiger partial charge in [-0.3, -0.25) is 10.1 Å². The maximum absolute atomic E-state index is 11.3. The van der Waals surface area contributed by atoms with E-state index in [1.165, 1.54) is 6.92 Å². The lowest BCUT2D eigenvalue weighted by Gasteiger charge is -2.14. The highest BCUT2D eigenvalue weighted by molar-refractivity contribution is 5.87. The zero-order valence-electron chi connectivity index (χ0n) is 10.7. The van der Waals surface area contributed by atoms with Gasteiger partial charge in [-0.25, -0.2) is 0 Å². The molecule has 2 aromatic rings. The smallest absolute Gasteiger partial charge is 0.211 e. The van der Waals surface area contributed by atoms with Gasteiger partial charge in [-0.15, -0.1) is 0 Å². The van der Waals surface area contributed by atoms with Gasteiger partial charge in [0.05, 0.1) is 5.92 Å². The second-order valence-corrected chi connectivity index (χ2v) is 4.69. The average Bonchev–Trinajstić information content (AvgIpc) is 2.36. The lowest BCUT2D eigenvalue weighted by atomic mass is 9.90. The Kier molecular flexibility index (Phi) is 3.90. The third-order valence-corrected chi connectivity index (χ3v) is 3.17. The van der Waals surface area contributed by atoms with E-state index in [0.717, 1.165) is 16.3 Å². The van der Waals surface area contributed by atoms with Gasteiger partial charge in [0.25, 0.3) is 0 Å². The topological polar surface area (TPSA) is 60.2 Å². The van der Waals surface area contributed by atoms with Crippen LogP contribution >= 0.6 is 0 Å². The second-order valence-electron chi connectivity index (χ2n) is 4.69. The van der Waals surface area contributed by atoms with Gasteiger partial charge < -0.3 is 4.79 Å². The molecule has 0 spiro atoms. The molecule has 98 valence electrons. The molecule has 0 radical (unpaired) electrons. The Morgan fingerprint density at radius 2 is 1.89 bits per heavy atom. The highest BCUT2D eigenvalue weighted by Crippen LogP contribution is 2.28. The molecule has 0 fully saturated rings. The van der Waals surface area contributed by atoms with Gasteiger partial charge in [-0.2, -0.15) is 0 Å². The fourth-order valence-electron chi connectivity index (χ4n) is 2.41. The van der Waals surface area contributed by atoms with Gasteiger partial charge in [0.1, 0.15) is 5.78 Å². The molecule has 0 aromatic heterocycles. The Morgan fingerprint density at radius 1 is 1.21 bits per heavy atom. The van der Waals surface area contributed by atoms with Gasteiger partial charge in [-0.05, 0) is 23.3 Å². The average molecular weight is 257 g/mol. The predicted octanol–water partition coefficient (Wildman–Crippen LogP) is 3.18. The van der Waals surface area contributed by atoms with Crippen molar-refractivity contribution in [2.75, 3.05) is 6.54 Å². The molecule has 0 aliphatic rings. The second kappa shape index (κ2) is 5.61. The summed E-state index contributed by atoms with van der Waals surface area (Å²) in [7, 11) is 0. The first-order chi connectivity index (χ1) is 9.08. The number of carbonyl (C=O) groups excluding carboxylic acids is 1. The molecule has 0 saturated heterocycles. The molecule has 0 amide bonds. The number of Topliss-reactive ketones (excluding diaryl/α,β-unsaturated/α-hetero) is 1. The van der Waals surface area contributed by atoms with Crippen molar-refractivity contribution in [3.05, 3.63) is 58.1 Å². The zero-order chi connectivity index (χ0) is 13.8. The molecule has 0 unspecified atom stereocenters. The number of carbonyl (C=O) groups is 1. The van der Waals surface area contributed by atoms with Crippen LogP contribution in [-0.4, -0.2) is 17.3 Å². The summed E-state index contributed by atoms with van der Waals surface area (Å²) in [6.45, 7) is 1.26. The van der Waals surface area contributed by atoms with Crippen molar-refractivity contribution in [3.8, 4) is 0 Å². The largest absolute Gasteiger partial charge is 0.300 e. The Labute approximate surface area is 111 Å². The van der Waals surface area contributed by atoms with Crippen molar-refractivity contribution in [1.82, 2.24) is 0 Å². The minimum absolute atomic E-state index is 0.0280. The molecule has 0 saturated carbocycles. The number of fused-ring (bicyclic) bond motifs is 1. The van der Waals surface area contributed by atoms with E-state index in [2.05, 4.69) is 0 Å². The van der Waals surface area contributed by atoms with Crippen LogP contribution < -0.4 is 0 Å². The minimum atomic E-state index is -0.362. The van der Waals surface area contributed by atoms with Crippen LogP contribution in [-0.2, 0) is 4.79 Å². The van der Waals surface area contributed by atoms with Crippen molar-refractivity contribution in [2.45, 2.75) is 19.3 Å². The van der Waals surface area contributed by atoms with Crippen molar-refractivity contribution in [3.63, 3.8) is 0 Å². The van der Waals surface area contributed by atoms with Gasteiger partial charge in [0, 0.05) is 11.3 Å². The lowest BCUT2D eigenvalue weighted by molar-refractivity contribution is -0.483. The Balaban J connectivity index is 2.48. The first kappa shape index (κ1) is 13.2. The van der Waals surface area contributed by atoms with E-state index in [4.69, 9.17) is 0 Å².